The Morgan fingerprint density at radius 3 is 2.79 bits per heavy atom. The van der Waals surface area contributed by atoms with Gasteiger partial charge in [-0.05, 0) is 28.9 Å². The van der Waals surface area contributed by atoms with Gasteiger partial charge in [-0.3, -0.25) is 4.57 Å². The highest BCUT2D eigenvalue weighted by Crippen LogP contribution is 2.25. The Kier molecular flexibility index (Phi) is 2.25. The van der Waals surface area contributed by atoms with Crippen molar-refractivity contribution in [3.8, 4) is 5.82 Å². The van der Waals surface area contributed by atoms with E-state index in [-0.39, 0.29) is 0 Å². The van der Waals surface area contributed by atoms with Gasteiger partial charge in [0.15, 0.2) is 5.82 Å². The van der Waals surface area contributed by atoms with Gasteiger partial charge in [-0.25, -0.2) is 9.97 Å². The number of nitrogen functional groups attached to an aromatic ring is 1. The molecular formula is C9H9BrN4. The van der Waals surface area contributed by atoms with E-state index in [1.807, 2.05) is 17.7 Å². The molecule has 2 rings (SSSR count). The molecule has 0 aliphatic rings. The molecule has 4 nitrogen and oxygen atoms in total. The molecule has 0 amide bonds. The van der Waals surface area contributed by atoms with Gasteiger partial charge in [-0.2, -0.15) is 0 Å². The van der Waals surface area contributed by atoms with E-state index in [9.17, 15) is 0 Å². The summed E-state index contributed by atoms with van der Waals surface area (Å²) in [6, 6.07) is 1.75. The number of halogens is 1. The van der Waals surface area contributed by atoms with E-state index in [0.717, 1.165) is 16.1 Å². The summed E-state index contributed by atoms with van der Waals surface area (Å²) in [5.41, 5.74) is 6.43. The van der Waals surface area contributed by atoms with E-state index in [1.54, 1.807) is 18.5 Å². The van der Waals surface area contributed by atoms with Crippen LogP contribution in [-0.4, -0.2) is 14.5 Å². The van der Waals surface area contributed by atoms with E-state index in [4.69, 9.17) is 5.73 Å². The van der Waals surface area contributed by atoms with Crippen LogP contribution in [0.4, 0.5) is 5.69 Å². The van der Waals surface area contributed by atoms with Gasteiger partial charge >= 0.3 is 0 Å². The lowest BCUT2D eigenvalue weighted by molar-refractivity contribution is 0.927. The molecule has 0 aliphatic heterocycles. The van der Waals surface area contributed by atoms with E-state index in [0.29, 0.717) is 5.69 Å². The molecule has 0 unspecified atom stereocenters. The van der Waals surface area contributed by atoms with Crippen LogP contribution in [0.5, 0.6) is 0 Å². The summed E-state index contributed by atoms with van der Waals surface area (Å²) in [7, 11) is 0. The summed E-state index contributed by atoms with van der Waals surface area (Å²) in [6.07, 6.45) is 5.25. The van der Waals surface area contributed by atoms with Crippen LogP contribution in [0.2, 0.25) is 0 Å². The Morgan fingerprint density at radius 2 is 2.14 bits per heavy atom. The van der Waals surface area contributed by atoms with Crippen molar-refractivity contribution >= 4 is 21.6 Å². The van der Waals surface area contributed by atoms with Crippen molar-refractivity contribution in [3.63, 3.8) is 0 Å². The molecule has 0 aliphatic carbocycles. The van der Waals surface area contributed by atoms with Gasteiger partial charge in [0.2, 0.25) is 0 Å². The molecule has 2 N–H and O–H groups in total. The zero-order chi connectivity index (χ0) is 10.1. The largest absolute Gasteiger partial charge is 0.398 e. The van der Waals surface area contributed by atoms with Crippen molar-refractivity contribution in [1.29, 1.82) is 0 Å². The van der Waals surface area contributed by atoms with Crippen molar-refractivity contribution < 1.29 is 0 Å². The highest BCUT2D eigenvalue weighted by molar-refractivity contribution is 9.10. The first-order valence-electron chi connectivity index (χ1n) is 4.10. The fourth-order valence-corrected chi connectivity index (χ4v) is 1.64. The van der Waals surface area contributed by atoms with Crippen LogP contribution >= 0.6 is 15.9 Å². The molecule has 2 aromatic heterocycles. The van der Waals surface area contributed by atoms with Gasteiger partial charge < -0.3 is 5.73 Å². The zero-order valence-electron chi connectivity index (χ0n) is 7.61. The summed E-state index contributed by atoms with van der Waals surface area (Å²) < 4.78 is 2.67. The van der Waals surface area contributed by atoms with Crippen molar-refractivity contribution in [2.45, 2.75) is 6.92 Å². The number of imidazole rings is 1. The number of nitrogens with two attached hydrogens (primary N) is 1. The van der Waals surface area contributed by atoms with Crippen molar-refractivity contribution in [2.75, 3.05) is 5.73 Å². The van der Waals surface area contributed by atoms with Gasteiger partial charge in [0, 0.05) is 18.6 Å². The average Bonchev–Trinajstić information content (AvgIpc) is 2.57. The van der Waals surface area contributed by atoms with Gasteiger partial charge in [-0.1, -0.05) is 0 Å². The minimum atomic E-state index is 0.670. The third-order valence-electron chi connectivity index (χ3n) is 1.95. The third kappa shape index (κ3) is 1.39. The lowest BCUT2D eigenvalue weighted by Crippen LogP contribution is -2.01. The summed E-state index contributed by atoms with van der Waals surface area (Å²) in [5, 5.41) is 0. The van der Waals surface area contributed by atoms with Crippen LogP contribution in [0.1, 0.15) is 5.82 Å². The molecule has 0 radical (unpaired) electrons. The number of rotatable bonds is 1. The Labute approximate surface area is 89.9 Å². The second-order valence-corrected chi connectivity index (χ2v) is 3.68. The van der Waals surface area contributed by atoms with E-state index >= 15 is 0 Å². The number of hydrogen-bond donors (Lipinski definition) is 1. The molecule has 72 valence electrons. The molecule has 0 atom stereocenters. The number of aryl methyl sites for hydroxylation is 1. The van der Waals surface area contributed by atoms with Crippen LogP contribution in [0, 0.1) is 6.92 Å². The van der Waals surface area contributed by atoms with Crippen LogP contribution in [0.3, 0.4) is 0 Å². The van der Waals surface area contributed by atoms with Gasteiger partial charge in [0.05, 0.1) is 10.2 Å². The monoisotopic (exact) mass is 252 g/mol. The Hall–Kier alpha value is -1.36. The maximum atomic E-state index is 5.76. The van der Waals surface area contributed by atoms with Crippen LogP contribution < -0.4 is 5.73 Å². The molecule has 0 aromatic carbocycles. The van der Waals surface area contributed by atoms with E-state index in [2.05, 4.69) is 25.9 Å². The topological polar surface area (TPSA) is 56.7 Å². The molecule has 5 heteroatoms. The van der Waals surface area contributed by atoms with Crippen LogP contribution in [0.15, 0.2) is 29.1 Å². The highest BCUT2D eigenvalue weighted by Gasteiger charge is 2.08. The SMILES string of the molecule is Cc1nccn1-c1nccc(N)c1Br. The molecule has 0 bridgehead atoms. The van der Waals surface area contributed by atoms with E-state index < -0.39 is 0 Å². The summed E-state index contributed by atoms with van der Waals surface area (Å²) in [4.78, 5) is 8.36. The molecule has 0 spiro atoms. The maximum Gasteiger partial charge on any atom is 0.154 e. The van der Waals surface area contributed by atoms with Crippen molar-refractivity contribution in [2.24, 2.45) is 0 Å². The smallest absolute Gasteiger partial charge is 0.154 e. The number of hydrogen-bond acceptors (Lipinski definition) is 3. The first-order chi connectivity index (χ1) is 6.70. The first kappa shape index (κ1) is 9.21. The van der Waals surface area contributed by atoms with Crippen molar-refractivity contribution in [3.05, 3.63) is 35.0 Å². The Morgan fingerprint density at radius 1 is 1.36 bits per heavy atom. The molecule has 2 aromatic rings. The predicted molar refractivity (Wildman–Crippen MR) is 58.2 cm³/mol. The van der Waals surface area contributed by atoms with Gasteiger partial charge in [0.1, 0.15) is 5.82 Å². The van der Waals surface area contributed by atoms with E-state index in [1.165, 1.54) is 0 Å². The Bertz CT molecular complexity index is 464. The Balaban J connectivity index is 2.63. The fraction of sp³-hybridized carbons (Fsp3) is 0.111. The number of pyridine rings is 1. The highest BCUT2D eigenvalue weighted by atomic mass is 79.9. The van der Waals surface area contributed by atoms with Crippen LogP contribution in [-0.2, 0) is 0 Å². The summed E-state index contributed by atoms with van der Waals surface area (Å²) in [6.45, 7) is 1.91. The number of aromatic nitrogens is 3. The number of nitrogens with zero attached hydrogens (tertiary/aromatic N) is 3. The average molecular weight is 253 g/mol. The molecule has 0 fully saturated rings. The molecule has 2 heterocycles. The second-order valence-electron chi connectivity index (χ2n) is 2.88. The maximum absolute atomic E-state index is 5.76. The molecule has 0 saturated carbocycles. The lowest BCUT2D eigenvalue weighted by atomic mass is 10.4. The minimum absolute atomic E-state index is 0.670. The minimum Gasteiger partial charge on any atom is -0.398 e. The number of anilines is 1. The summed E-state index contributed by atoms with van der Waals surface area (Å²) >= 11 is 3.40. The second kappa shape index (κ2) is 3.42. The summed E-state index contributed by atoms with van der Waals surface area (Å²) in [5.74, 6) is 1.64. The third-order valence-corrected chi connectivity index (χ3v) is 2.77. The van der Waals surface area contributed by atoms with Crippen molar-refractivity contribution in [1.82, 2.24) is 14.5 Å². The predicted octanol–water partition coefficient (Wildman–Crippen LogP) is 1.92. The zero-order valence-corrected chi connectivity index (χ0v) is 9.19. The molecule has 0 saturated heterocycles. The van der Waals surface area contributed by atoms with Gasteiger partial charge in [-0.15, -0.1) is 0 Å². The fourth-order valence-electron chi connectivity index (χ4n) is 1.22. The first-order valence-corrected chi connectivity index (χ1v) is 4.90. The quantitative estimate of drug-likeness (QED) is 0.844. The molecule has 14 heavy (non-hydrogen) atoms. The normalized spacial score (nSPS) is 10.4. The van der Waals surface area contributed by atoms with Gasteiger partial charge in [0.25, 0.3) is 0 Å². The molecular weight excluding hydrogens is 244 g/mol. The lowest BCUT2D eigenvalue weighted by Gasteiger charge is -2.07. The van der Waals surface area contributed by atoms with Crippen LogP contribution in [0.25, 0.3) is 5.82 Å². The standard InChI is InChI=1S/C9H9BrN4/c1-6-12-4-5-14(6)9-8(10)7(11)2-3-13-9/h2-5H,1H3,(H2,11,13).